The monoisotopic (exact) mass is 448 g/mol. The topological polar surface area (TPSA) is 75.6 Å². The Morgan fingerprint density at radius 2 is 1.83 bits per heavy atom. The number of hydrogen-bond donors (Lipinski definition) is 2. The third-order valence-electron chi connectivity index (χ3n) is 3.91. The van der Waals surface area contributed by atoms with Crippen LogP contribution in [0, 0.1) is 0 Å². The molecule has 0 unspecified atom stereocenters. The largest absolute Gasteiger partial charge is 0.416 e. The fourth-order valence-corrected chi connectivity index (χ4v) is 3.28. The van der Waals surface area contributed by atoms with Gasteiger partial charge in [-0.15, -0.1) is 0 Å². The zero-order chi connectivity index (χ0) is 21.1. The Bertz CT molecular complexity index is 1150. The molecule has 30 heavy (non-hydrogen) atoms. The summed E-state index contributed by atoms with van der Waals surface area (Å²) in [6, 6.07) is 6.67. The highest BCUT2D eigenvalue weighted by molar-refractivity contribution is 7.08. The van der Waals surface area contributed by atoms with Crippen molar-refractivity contribution in [2.45, 2.75) is 6.18 Å². The number of rotatable bonds is 5. The van der Waals surface area contributed by atoms with Gasteiger partial charge in [0.1, 0.15) is 5.02 Å². The molecule has 0 saturated heterocycles. The van der Waals surface area contributed by atoms with Gasteiger partial charge in [-0.1, -0.05) is 17.7 Å². The van der Waals surface area contributed by atoms with Gasteiger partial charge in [-0.3, -0.25) is 4.98 Å². The average molecular weight is 449 g/mol. The molecule has 152 valence electrons. The summed E-state index contributed by atoms with van der Waals surface area (Å²) < 4.78 is 38.7. The van der Waals surface area contributed by atoms with Crippen LogP contribution in [0.25, 0.3) is 11.3 Å². The van der Waals surface area contributed by atoms with Crippen LogP contribution in [0.1, 0.15) is 5.56 Å². The molecule has 1 aromatic carbocycles. The summed E-state index contributed by atoms with van der Waals surface area (Å²) in [5.74, 6) is 0.712. The highest BCUT2D eigenvalue weighted by Gasteiger charge is 2.30. The second-order valence-electron chi connectivity index (χ2n) is 6.02. The standard InChI is InChI=1S/C19H12ClF3N6S/c20-14-7-26-18(28-16-9-24-15(8-25-16)11-4-5-30-10-11)29-17(14)27-13-3-1-2-12(6-13)19(21,22)23/h1-10H,(H2,25,26,27,28,29). The number of aromatic nitrogens is 4. The first-order chi connectivity index (χ1) is 14.4. The highest BCUT2D eigenvalue weighted by Crippen LogP contribution is 2.32. The van der Waals surface area contributed by atoms with E-state index in [0.717, 1.165) is 23.4 Å². The van der Waals surface area contributed by atoms with Crippen molar-refractivity contribution in [1.29, 1.82) is 0 Å². The van der Waals surface area contributed by atoms with E-state index in [-0.39, 0.29) is 22.5 Å². The molecule has 0 aliphatic rings. The van der Waals surface area contributed by atoms with E-state index < -0.39 is 11.7 Å². The van der Waals surface area contributed by atoms with Crippen molar-refractivity contribution in [3.05, 3.63) is 70.3 Å². The van der Waals surface area contributed by atoms with Crippen LogP contribution in [-0.4, -0.2) is 19.9 Å². The van der Waals surface area contributed by atoms with Crippen molar-refractivity contribution >= 4 is 46.2 Å². The Morgan fingerprint density at radius 1 is 0.967 bits per heavy atom. The van der Waals surface area contributed by atoms with Crippen LogP contribution >= 0.6 is 22.9 Å². The molecule has 0 amide bonds. The first kappa shape index (κ1) is 20.0. The molecule has 0 fully saturated rings. The second-order valence-corrected chi connectivity index (χ2v) is 7.20. The molecular weight excluding hydrogens is 437 g/mol. The molecule has 3 heterocycles. The average Bonchev–Trinajstić information content (AvgIpc) is 3.26. The lowest BCUT2D eigenvalue weighted by Gasteiger charge is -2.12. The molecule has 11 heteroatoms. The van der Waals surface area contributed by atoms with E-state index >= 15 is 0 Å². The third kappa shape index (κ3) is 4.66. The lowest BCUT2D eigenvalue weighted by Crippen LogP contribution is -2.06. The van der Waals surface area contributed by atoms with Gasteiger partial charge in [0.15, 0.2) is 11.6 Å². The summed E-state index contributed by atoms with van der Waals surface area (Å²) in [5, 5.41) is 9.74. The Kier molecular flexibility index (Phi) is 5.51. The van der Waals surface area contributed by atoms with Gasteiger partial charge >= 0.3 is 6.18 Å². The Hall–Kier alpha value is -3.24. The maximum atomic E-state index is 12.9. The molecule has 0 spiro atoms. The minimum absolute atomic E-state index is 0.149. The summed E-state index contributed by atoms with van der Waals surface area (Å²) in [7, 11) is 0. The van der Waals surface area contributed by atoms with Crippen molar-refractivity contribution in [2.75, 3.05) is 10.6 Å². The number of nitrogens with one attached hydrogen (secondary N) is 2. The van der Waals surface area contributed by atoms with E-state index in [1.807, 2.05) is 16.8 Å². The summed E-state index contributed by atoms with van der Waals surface area (Å²) in [5.41, 5.74) is 1.10. The van der Waals surface area contributed by atoms with E-state index in [2.05, 4.69) is 30.6 Å². The van der Waals surface area contributed by atoms with Crippen LogP contribution in [0.15, 0.2) is 59.7 Å². The van der Waals surface area contributed by atoms with Gasteiger partial charge in [-0.05, 0) is 29.6 Å². The second kappa shape index (κ2) is 8.25. The number of alkyl halides is 3. The minimum atomic E-state index is -4.45. The Balaban J connectivity index is 1.52. The first-order valence-electron chi connectivity index (χ1n) is 8.47. The minimum Gasteiger partial charge on any atom is -0.339 e. The molecule has 0 atom stereocenters. The predicted molar refractivity (Wildman–Crippen MR) is 110 cm³/mol. The van der Waals surface area contributed by atoms with Gasteiger partial charge in [-0.2, -0.15) is 29.5 Å². The fraction of sp³-hybridized carbons (Fsp3) is 0.0526. The van der Waals surface area contributed by atoms with Gasteiger partial charge in [0.05, 0.1) is 29.8 Å². The van der Waals surface area contributed by atoms with E-state index in [0.29, 0.717) is 5.82 Å². The van der Waals surface area contributed by atoms with E-state index in [1.165, 1.54) is 24.5 Å². The zero-order valence-corrected chi connectivity index (χ0v) is 16.6. The molecular formula is C19H12ClF3N6S. The van der Waals surface area contributed by atoms with Crippen molar-refractivity contribution in [3.63, 3.8) is 0 Å². The molecule has 0 aliphatic carbocycles. The summed E-state index contributed by atoms with van der Waals surface area (Å²) in [6.45, 7) is 0. The molecule has 6 nitrogen and oxygen atoms in total. The maximum Gasteiger partial charge on any atom is 0.416 e. The van der Waals surface area contributed by atoms with Crippen LogP contribution < -0.4 is 10.6 Å². The molecule has 3 aromatic heterocycles. The van der Waals surface area contributed by atoms with Crippen LogP contribution in [-0.2, 0) is 6.18 Å². The van der Waals surface area contributed by atoms with Crippen molar-refractivity contribution in [3.8, 4) is 11.3 Å². The van der Waals surface area contributed by atoms with Gasteiger partial charge in [0.2, 0.25) is 5.95 Å². The molecule has 4 aromatic rings. The quantitative estimate of drug-likeness (QED) is 0.381. The number of nitrogens with zero attached hydrogens (tertiary/aromatic N) is 4. The number of thiophene rings is 1. The summed E-state index contributed by atoms with van der Waals surface area (Å²) in [4.78, 5) is 16.9. The van der Waals surface area contributed by atoms with E-state index in [9.17, 15) is 13.2 Å². The fourth-order valence-electron chi connectivity index (χ4n) is 2.49. The first-order valence-corrected chi connectivity index (χ1v) is 9.79. The van der Waals surface area contributed by atoms with Crippen LogP contribution in [0.4, 0.5) is 36.4 Å². The van der Waals surface area contributed by atoms with Gasteiger partial charge in [0, 0.05) is 16.6 Å². The molecule has 0 saturated carbocycles. The van der Waals surface area contributed by atoms with Crippen molar-refractivity contribution < 1.29 is 13.2 Å². The molecule has 2 N–H and O–H groups in total. The van der Waals surface area contributed by atoms with Crippen LogP contribution in [0.3, 0.4) is 0 Å². The molecule has 0 aliphatic heterocycles. The highest BCUT2D eigenvalue weighted by atomic mass is 35.5. The normalized spacial score (nSPS) is 11.3. The van der Waals surface area contributed by atoms with Crippen molar-refractivity contribution in [2.24, 2.45) is 0 Å². The van der Waals surface area contributed by atoms with E-state index in [1.54, 1.807) is 17.5 Å². The SMILES string of the molecule is FC(F)(F)c1cccc(Nc2nc(Nc3cnc(-c4ccsc4)cn3)ncc2Cl)c1. The number of hydrogen-bond acceptors (Lipinski definition) is 7. The number of halogens is 4. The van der Waals surface area contributed by atoms with Crippen LogP contribution in [0.2, 0.25) is 5.02 Å². The summed E-state index contributed by atoms with van der Waals surface area (Å²) >= 11 is 7.65. The molecule has 0 bridgehead atoms. The Labute approximate surface area is 177 Å². The van der Waals surface area contributed by atoms with Gasteiger partial charge < -0.3 is 10.6 Å². The number of anilines is 4. The van der Waals surface area contributed by atoms with Crippen molar-refractivity contribution in [1.82, 2.24) is 19.9 Å². The summed E-state index contributed by atoms with van der Waals surface area (Å²) in [6.07, 6.45) is 0.0285. The maximum absolute atomic E-state index is 12.9. The number of benzene rings is 1. The lowest BCUT2D eigenvalue weighted by molar-refractivity contribution is -0.137. The predicted octanol–water partition coefficient (Wildman–Crippen LogP) is 6.15. The lowest BCUT2D eigenvalue weighted by atomic mass is 10.2. The smallest absolute Gasteiger partial charge is 0.339 e. The van der Waals surface area contributed by atoms with E-state index in [4.69, 9.17) is 11.6 Å². The third-order valence-corrected chi connectivity index (χ3v) is 4.87. The Morgan fingerprint density at radius 3 is 2.53 bits per heavy atom. The molecule has 4 rings (SSSR count). The van der Waals surface area contributed by atoms with Gasteiger partial charge in [-0.25, -0.2) is 9.97 Å². The molecule has 0 radical (unpaired) electrons. The zero-order valence-electron chi connectivity index (χ0n) is 15.0. The van der Waals surface area contributed by atoms with Crippen LogP contribution in [0.5, 0.6) is 0 Å². The van der Waals surface area contributed by atoms with Gasteiger partial charge in [0.25, 0.3) is 0 Å².